The van der Waals surface area contributed by atoms with E-state index in [2.05, 4.69) is 21.2 Å². The SMILES string of the molecule is CC(NC(=O)C1(N)C2CCCOC2C1(C)C)c1ccc(Br)cc1.Cl. The molecule has 1 amide bonds. The molecule has 1 saturated heterocycles. The maximum absolute atomic E-state index is 13.0. The fraction of sp³-hybridized carbons (Fsp3) is 0.611. The molecule has 2 aliphatic rings. The molecule has 2 fully saturated rings. The lowest BCUT2D eigenvalue weighted by atomic mass is 9.46. The number of carbonyl (C=O) groups excluding carboxylic acids is 1. The van der Waals surface area contributed by atoms with Crippen LogP contribution >= 0.6 is 28.3 Å². The van der Waals surface area contributed by atoms with Crippen LogP contribution in [0.3, 0.4) is 0 Å². The normalized spacial score (nSPS) is 31.9. The second-order valence-electron chi connectivity index (χ2n) is 7.38. The van der Waals surface area contributed by atoms with Gasteiger partial charge >= 0.3 is 0 Å². The summed E-state index contributed by atoms with van der Waals surface area (Å²) in [5, 5.41) is 3.11. The highest BCUT2D eigenvalue weighted by Crippen LogP contribution is 2.57. The molecule has 1 aromatic rings. The van der Waals surface area contributed by atoms with Crippen LogP contribution in [0.25, 0.3) is 0 Å². The highest BCUT2D eigenvalue weighted by atomic mass is 79.9. The molecule has 4 unspecified atom stereocenters. The number of carbonyl (C=O) groups is 1. The van der Waals surface area contributed by atoms with E-state index >= 15 is 0 Å². The Morgan fingerprint density at radius 1 is 1.38 bits per heavy atom. The van der Waals surface area contributed by atoms with Crippen LogP contribution in [0, 0.1) is 11.3 Å². The molecule has 1 heterocycles. The zero-order valence-electron chi connectivity index (χ0n) is 14.3. The Kier molecular flexibility index (Phi) is 5.70. The summed E-state index contributed by atoms with van der Waals surface area (Å²) in [5.74, 6) is 0.0491. The van der Waals surface area contributed by atoms with Gasteiger partial charge in [-0.1, -0.05) is 41.9 Å². The van der Waals surface area contributed by atoms with E-state index in [1.165, 1.54) is 0 Å². The van der Waals surface area contributed by atoms with Crippen LogP contribution in [0.15, 0.2) is 28.7 Å². The number of amides is 1. The predicted octanol–water partition coefficient (Wildman–Crippen LogP) is 3.58. The lowest BCUT2D eigenvalue weighted by Gasteiger charge is -2.65. The number of benzene rings is 1. The summed E-state index contributed by atoms with van der Waals surface area (Å²) >= 11 is 3.43. The first-order chi connectivity index (χ1) is 10.8. The summed E-state index contributed by atoms with van der Waals surface area (Å²) in [6.07, 6.45) is 2.03. The van der Waals surface area contributed by atoms with Gasteiger partial charge in [-0.25, -0.2) is 0 Å². The highest BCUT2D eigenvalue weighted by molar-refractivity contribution is 9.10. The van der Waals surface area contributed by atoms with Gasteiger partial charge < -0.3 is 15.8 Å². The average molecular weight is 418 g/mol. The van der Waals surface area contributed by atoms with Crippen molar-refractivity contribution in [1.82, 2.24) is 5.32 Å². The minimum atomic E-state index is -0.859. The van der Waals surface area contributed by atoms with Crippen LogP contribution < -0.4 is 11.1 Å². The van der Waals surface area contributed by atoms with Crippen LogP contribution in [0.1, 0.15) is 45.2 Å². The third-order valence-corrected chi connectivity index (χ3v) is 6.31. The maximum Gasteiger partial charge on any atom is 0.241 e. The molecule has 4 nitrogen and oxygen atoms in total. The van der Waals surface area contributed by atoms with Crippen LogP contribution in [-0.2, 0) is 9.53 Å². The van der Waals surface area contributed by atoms with Gasteiger partial charge in [0.15, 0.2) is 0 Å². The van der Waals surface area contributed by atoms with Crippen molar-refractivity contribution in [1.29, 1.82) is 0 Å². The Balaban J connectivity index is 0.00000208. The van der Waals surface area contributed by atoms with E-state index in [1.54, 1.807) is 0 Å². The van der Waals surface area contributed by atoms with Crippen molar-refractivity contribution in [2.75, 3.05) is 6.61 Å². The van der Waals surface area contributed by atoms with Crippen molar-refractivity contribution in [3.8, 4) is 0 Å². The van der Waals surface area contributed by atoms with Gasteiger partial charge in [0.1, 0.15) is 5.54 Å². The quantitative estimate of drug-likeness (QED) is 0.790. The molecule has 0 bridgehead atoms. The van der Waals surface area contributed by atoms with Crippen molar-refractivity contribution in [2.45, 2.75) is 51.3 Å². The molecule has 0 aromatic heterocycles. The van der Waals surface area contributed by atoms with Crippen molar-refractivity contribution in [3.05, 3.63) is 34.3 Å². The van der Waals surface area contributed by atoms with Crippen molar-refractivity contribution in [2.24, 2.45) is 17.1 Å². The largest absolute Gasteiger partial charge is 0.377 e. The zero-order chi connectivity index (χ0) is 16.8. The summed E-state index contributed by atoms with van der Waals surface area (Å²) in [4.78, 5) is 13.0. The fourth-order valence-corrected chi connectivity index (χ4v) is 4.45. The Hall–Kier alpha value is -0.620. The molecule has 1 aromatic carbocycles. The molecule has 24 heavy (non-hydrogen) atoms. The zero-order valence-corrected chi connectivity index (χ0v) is 16.7. The van der Waals surface area contributed by atoms with Crippen molar-refractivity contribution >= 4 is 34.2 Å². The van der Waals surface area contributed by atoms with E-state index in [-0.39, 0.29) is 41.8 Å². The molecule has 1 aliphatic carbocycles. The van der Waals surface area contributed by atoms with Gasteiger partial charge in [-0.3, -0.25) is 4.79 Å². The molecule has 3 rings (SSSR count). The summed E-state index contributed by atoms with van der Waals surface area (Å²) in [6, 6.07) is 7.91. The first-order valence-electron chi connectivity index (χ1n) is 8.25. The monoisotopic (exact) mass is 416 g/mol. The van der Waals surface area contributed by atoms with Crippen molar-refractivity contribution < 1.29 is 9.53 Å². The maximum atomic E-state index is 13.0. The number of hydrogen-bond donors (Lipinski definition) is 2. The Morgan fingerprint density at radius 3 is 2.62 bits per heavy atom. The predicted molar refractivity (Wildman–Crippen MR) is 101 cm³/mol. The van der Waals surface area contributed by atoms with Crippen LogP contribution in [-0.4, -0.2) is 24.2 Å². The van der Waals surface area contributed by atoms with Gasteiger partial charge in [-0.15, -0.1) is 12.4 Å². The number of ether oxygens (including phenoxy) is 1. The third-order valence-electron chi connectivity index (χ3n) is 5.78. The summed E-state index contributed by atoms with van der Waals surface area (Å²) in [6.45, 7) is 6.86. The number of hydrogen-bond acceptors (Lipinski definition) is 3. The minimum absolute atomic E-state index is 0. The first-order valence-corrected chi connectivity index (χ1v) is 9.04. The van der Waals surface area contributed by atoms with Crippen LogP contribution in [0.5, 0.6) is 0 Å². The van der Waals surface area contributed by atoms with Gasteiger partial charge in [0, 0.05) is 22.4 Å². The second-order valence-corrected chi connectivity index (χ2v) is 8.29. The summed E-state index contributed by atoms with van der Waals surface area (Å²) in [5.41, 5.74) is 6.49. The van der Waals surface area contributed by atoms with E-state index in [9.17, 15) is 4.79 Å². The summed E-state index contributed by atoms with van der Waals surface area (Å²) < 4.78 is 6.90. The minimum Gasteiger partial charge on any atom is -0.377 e. The van der Waals surface area contributed by atoms with E-state index in [4.69, 9.17) is 10.5 Å². The summed E-state index contributed by atoms with van der Waals surface area (Å²) in [7, 11) is 0. The van der Waals surface area contributed by atoms with E-state index < -0.39 is 5.54 Å². The van der Waals surface area contributed by atoms with Gasteiger partial charge in [0.2, 0.25) is 5.91 Å². The molecule has 3 N–H and O–H groups in total. The van der Waals surface area contributed by atoms with E-state index in [0.29, 0.717) is 0 Å². The molecular formula is C18H26BrClN2O2. The average Bonchev–Trinajstić information content (AvgIpc) is 2.54. The molecule has 0 spiro atoms. The van der Waals surface area contributed by atoms with E-state index in [0.717, 1.165) is 29.5 Å². The molecule has 6 heteroatoms. The van der Waals surface area contributed by atoms with Crippen LogP contribution in [0.2, 0.25) is 0 Å². The lowest BCUT2D eigenvalue weighted by molar-refractivity contribution is -0.225. The van der Waals surface area contributed by atoms with Gasteiger partial charge in [0.05, 0.1) is 12.1 Å². The molecule has 134 valence electrons. The number of rotatable bonds is 3. The van der Waals surface area contributed by atoms with Gasteiger partial charge in [0.25, 0.3) is 0 Å². The molecule has 4 atom stereocenters. The Bertz CT molecular complexity index is 608. The second kappa shape index (κ2) is 6.94. The van der Waals surface area contributed by atoms with E-state index in [1.807, 2.05) is 45.0 Å². The van der Waals surface area contributed by atoms with Crippen LogP contribution in [0.4, 0.5) is 0 Å². The first kappa shape index (κ1) is 19.7. The van der Waals surface area contributed by atoms with Gasteiger partial charge in [-0.05, 0) is 37.5 Å². The number of fused-ring (bicyclic) bond motifs is 1. The number of nitrogens with two attached hydrogens (primary N) is 1. The van der Waals surface area contributed by atoms with Crippen molar-refractivity contribution in [3.63, 3.8) is 0 Å². The standard InChI is InChI=1S/C18H25BrN2O2.ClH/c1-11(12-6-8-13(19)9-7-12)21-16(22)18(20)14-5-4-10-23-15(14)17(18,2)3;/h6-9,11,14-15H,4-5,10,20H2,1-3H3,(H,21,22);1H. The fourth-order valence-electron chi connectivity index (χ4n) is 4.19. The Labute approximate surface area is 158 Å². The highest BCUT2D eigenvalue weighted by Gasteiger charge is 2.70. The molecule has 1 saturated carbocycles. The topological polar surface area (TPSA) is 64.4 Å². The third kappa shape index (κ3) is 2.90. The molecular weight excluding hydrogens is 392 g/mol. The molecule has 1 aliphatic heterocycles. The molecule has 0 radical (unpaired) electrons. The Morgan fingerprint density at radius 2 is 2.00 bits per heavy atom. The number of nitrogens with one attached hydrogen (secondary N) is 1. The number of halogens is 2. The lowest BCUT2D eigenvalue weighted by Crippen LogP contribution is -2.82. The van der Waals surface area contributed by atoms with Gasteiger partial charge in [-0.2, -0.15) is 0 Å². The smallest absolute Gasteiger partial charge is 0.241 e.